The SMILES string of the molecule is COc1ccc(-c2cn3cccc(C)c3n2)cc1NC(=O)C1(c2ccc(F)cc2)CC1. The van der Waals surface area contributed by atoms with Gasteiger partial charge in [-0.1, -0.05) is 18.2 Å². The Morgan fingerprint density at radius 1 is 1.16 bits per heavy atom. The Hall–Kier alpha value is -3.67. The van der Waals surface area contributed by atoms with Crippen LogP contribution in [0.2, 0.25) is 0 Å². The van der Waals surface area contributed by atoms with Crippen LogP contribution in [-0.4, -0.2) is 22.4 Å². The minimum Gasteiger partial charge on any atom is -0.495 e. The van der Waals surface area contributed by atoms with Gasteiger partial charge in [0, 0.05) is 18.0 Å². The lowest BCUT2D eigenvalue weighted by Gasteiger charge is -2.18. The number of amides is 1. The topological polar surface area (TPSA) is 55.6 Å². The number of hydrogen-bond donors (Lipinski definition) is 1. The summed E-state index contributed by atoms with van der Waals surface area (Å²) in [6, 6.07) is 15.8. The molecule has 0 aliphatic heterocycles. The molecule has 1 aliphatic rings. The van der Waals surface area contributed by atoms with Crippen LogP contribution in [0.1, 0.15) is 24.0 Å². The average Bonchev–Trinajstić information content (AvgIpc) is 3.47. The average molecular weight is 415 g/mol. The van der Waals surface area contributed by atoms with E-state index in [-0.39, 0.29) is 11.7 Å². The lowest BCUT2D eigenvalue weighted by molar-refractivity contribution is -0.118. The first-order chi connectivity index (χ1) is 15.0. The van der Waals surface area contributed by atoms with Crippen LogP contribution in [0.5, 0.6) is 5.75 Å². The van der Waals surface area contributed by atoms with Crippen molar-refractivity contribution in [3.8, 4) is 17.0 Å². The van der Waals surface area contributed by atoms with Gasteiger partial charge in [-0.25, -0.2) is 9.37 Å². The summed E-state index contributed by atoms with van der Waals surface area (Å²) >= 11 is 0. The van der Waals surface area contributed by atoms with Crippen LogP contribution in [0.3, 0.4) is 0 Å². The van der Waals surface area contributed by atoms with E-state index in [0.29, 0.717) is 11.4 Å². The van der Waals surface area contributed by atoms with Crippen molar-refractivity contribution in [3.63, 3.8) is 0 Å². The smallest absolute Gasteiger partial charge is 0.235 e. The fourth-order valence-corrected chi connectivity index (χ4v) is 4.04. The second-order valence-corrected chi connectivity index (χ2v) is 8.01. The third-order valence-corrected chi connectivity index (χ3v) is 6.00. The van der Waals surface area contributed by atoms with E-state index in [9.17, 15) is 9.18 Å². The van der Waals surface area contributed by atoms with Gasteiger partial charge in [0.05, 0.1) is 23.9 Å². The molecule has 5 nitrogen and oxygen atoms in total. The number of fused-ring (bicyclic) bond motifs is 1. The minimum absolute atomic E-state index is 0.111. The molecule has 1 aliphatic carbocycles. The molecule has 156 valence electrons. The number of benzene rings is 2. The van der Waals surface area contributed by atoms with E-state index in [1.54, 1.807) is 19.2 Å². The molecule has 6 heteroatoms. The zero-order valence-corrected chi connectivity index (χ0v) is 17.4. The molecule has 5 rings (SSSR count). The van der Waals surface area contributed by atoms with Crippen LogP contribution in [-0.2, 0) is 10.2 Å². The van der Waals surface area contributed by atoms with Gasteiger partial charge in [-0.2, -0.15) is 0 Å². The van der Waals surface area contributed by atoms with Crippen molar-refractivity contribution in [3.05, 3.63) is 83.9 Å². The Kier molecular flexibility index (Phi) is 4.50. The number of carbonyl (C=O) groups is 1. The molecule has 0 bridgehead atoms. The van der Waals surface area contributed by atoms with Crippen LogP contribution in [0.25, 0.3) is 16.9 Å². The molecule has 2 aromatic heterocycles. The largest absolute Gasteiger partial charge is 0.495 e. The van der Waals surface area contributed by atoms with E-state index < -0.39 is 5.41 Å². The molecule has 0 unspecified atom stereocenters. The van der Waals surface area contributed by atoms with Gasteiger partial charge in [0.1, 0.15) is 17.2 Å². The van der Waals surface area contributed by atoms with Gasteiger partial charge in [-0.05, 0) is 67.3 Å². The number of rotatable bonds is 5. The van der Waals surface area contributed by atoms with E-state index in [1.807, 2.05) is 54.0 Å². The van der Waals surface area contributed by atoms with Gasteiger partial charge in [-0.15, -0.1) is 0 Å². The summed E-state index contributed by atoms with van der Waals surface area (Å²) < 4.78 is 20.8. The van der Waals surface area contributed by atoms with Crippen molar-refractivity contribution in [2.75, 3.05) is 12.4 Å². The second kappa shape index (κ2) is 7.23. The van der Waals surface area contributed by atoms with E-state index in [2.05, 4.69) is 5.32 Å². The fraction of sp³-hybridized carbons (Fsp3) is 0.200. The third-order valence-electron chi connectivity index (χ3n) is 6.00. The monoisotopic (exact) mass is 415 g/mol. The summed E-state index contributed by atoms with van der Waals surface area (Å²) in [4.78, 5) is 18.0. The predicted molar refractivity (Wildman–Crippen MR) is 118 cm³/mol. The molecule has 0 radical (unpaired) electrons. The molecule has 0 atom stereocenters. The van der Waals surface area contributed by atoms with Crippen LogP contribution in [0.4, 0.5) is 10.1 Å². The maximum absolute atomic E-state index is 13.3. The van der Waals surface area contributed by atoms with Gasteiger partial charge >= 0.3 is 0 Å². The van der Waals surface area contributed by atoms with Gasteiger partial charge < -0.3 is 14.5 Å². The van der Waals surface area contributed by atoms with Crippen molar-refractivity contribution in [2.45, 2.75) is 25.2 Å². The lowest BCUT2D eigenvalue weighted by Crippen LogP contribution is -2.28. The number of aromatic nitrogens is 2. The highest BCUT2D eigenvalue weighted by Crippen LogP contribution is 2.49. The number of carbonyl (C=O) groups excluding carboxylic acids is 1. The van der Waals surface area contributed by atoms with Crippen molar-refractivity contribution >= 4 is 17.2 Å². The molecule has 1 fully saturated rings. The molecule has 2 aromatic carbocycles. The highest BCUT2D eigenvalue weighted by atomic mass is 19.1. The summed E-state index contributed by atoms with van der Waals surface area (Å²) in [5.74, 6) is 0.157. The number of ether oxygens (including phenoxy) is 1. The maximum atomic E-state index is 13.3. The highest BCUT2D eigenvalue weighted by molar-refractivity contribution is 6.02. The first-order valence-electron chi connectivity index (χ1n) is 10.2. The number of nitrogens with zero attached hydrogens (tertiary/aromatic N) is 2. The molecule has 31 heavy (non-hydrogen) atoms. The predicted octanol–water partition coefficient (Wildman–Crippen LogP) is 5.13. The Morgan fingerprint density at radius 3 is 2.61 bits per heavy atom. The Labute approximate surface area is 179 Å². The summed E-state index contributed by atoms with van der Waals surface area (Å²) in [7, 11) is 1.58. The third kappa shape index (κ3) is 3.34. The fourth-order valence-electron chi connectivity index (χ4n) is 4.04. The highest BCUT2D eigenvalue weighted by Gasteiger charge is 2.51. The Bertz CT molecular complexity index is 1290. The van der Waals surface area contributed by atoms with Crippen molar-refractivity contribution in [1.29, 1.82) is 0 Å². The van der Waals surface area contributed by atoms with Crippen LogP contribution >= 0.6 is 0 Å². The number of nitrogens with one attached hydrogen (secondary N) is 1. The van der Waals surface area contributed by atoms with Gasteiger partial charge in [0.2, 0.25) is 5.91 Å². The van der Waals surface area contributed by atoms with Crippen LogP contribution in [0.15, 0.2) is 67.0 Å². The first-order valence-corrected chi connectivity index (χ1v) is 10.2. The Morgan fingerprint density at radius 2 is 1.94 bits per heavy atom. The van der Waals surface area contributed by atoms with Crippen molar-refractivity contribution in [2.24, 2.45) is 0 Å². The molecular formula is C25H22FN3O2. The maximum Gasteiger partial charge on any atom is 0.235 e. The van der Waals surface area contributed by atoms with Crippen molar-refractivity contribution < 1.29 is 13.9 Å². The summed E-state index contributed by atoms with van der Waals surface area (Å²) in [5, 5.41) is 3.04. The summed E-state index contributed by atoms with van der Waals surface area (Å²) in [6.45, 7) is 2.02. The lowest BCUT2D eigenvalue weighted by atomic mass is 9.94. The number of pyridine rings is 1. The number of halogens is 1. The quantitative estimate of drug-likeness (QED) is 0.492. The van der Waals surface area contributed by atoms with Crippen LogP contribution < -0.4 is 10.1 Å². The number of hydrogen-bond acceptors (Lipinski definition) is 3. The van der Waals surface area contributed by atoms with Crippen LogP contribution in [0, 0.1) is 12.7 Å². The number of methoxy groups -OCH3 is 1. The van der Waals surface area contributed by atoms with Crippen molar-refractivity contribution in [1.82, 2.24) is 9.38 Å². The molecule has 0 saturated heterocycles. The van der Waals surface area contributed by atoms with Gasteiger partial charge in [-0.3, -0.25) is 4.79 Å². The molecule has 0 spiro atoms. The van der Waals surface area contributed by atoms with Gasteiger partial charge in [0.25, 0.3) is 0 Å². The molecule has 4 aromatic rings. The molecule has 2 heterocycles. The number of imidazole rings is 1. The van der Waals surface area contributed by atoms with E-state index in [4.69, 9.17) is 9.72 Å². The normalized spacial score (nSPS) is 14.4. The molecule has 1 amide bonds. The molecule has 1 N–H and O–H groups in total. The summed E-state index contributed by atoms with van der Waals surface area (Å²) in [5.41, 5.74) is 4.48. The van der Waals surface area contributed by atoms with Gasteiger partial charge in [0.15, 0.2) is 0 Å². The minimum atomic E-state index is -0.616. The van der Waals surface area contributed by atoms with E-state index in [1.165, 1.54) is 12.1 Å². The van der Waals surface area contributed by atoms with E-state index >= 15 is 0 Å². The zero-order valence-electron chi connectivity index (χ0n) is 17.4. The molecular weight excluding hydrogens is 393 g/mol. The first kappa shape index (κ1) is 19.3. The number of anilines is 1. The second-order valence-electron chi connectivity index (χ2n) is 8.01. The zero-order chi connectivity index (χ0) is 21.6. The Balaban J connectivity index is 1.48. The summed E-state index contributed by atoms with van der Waals surface area (Å²) in [6.07, 6.45) is 5.40. The standard InChI is InChI=1S/C25H22FN3O2/c1-16-4-3-13-29-15-21(27-23(16)29)17-5-10-22(31-2)20(14-17)28-24(30)25(11-12-25)18-6-8-19(26)9-7-18/h3-10,13-15H,11-12H2,1-2H3,(H,28,30). The molecule has 1 saturated carbocycles. The van der Waals surface area contributed by atoms with E-state index in [0.717, 1.165) is 40.9 Å². The number of aryl methyl sites for hydroxylation is 1.